The monoisotopic (exact) mass is 300 g/mol. The molecule has 1 amide bonds. The molecule has 0 N–H and O–H groups in total. The van der Waals surface area contributed by atoms with Gasteiger partial charge in [-0.05, 0) is 24.8 Å². The molecule has 2 fully saturated rings. The van der Waals surface area contributed by atoms with Gasteiger partial charge in [-0.25, -0.2) is 8.42 Å². The quantitative estimate of drug-likeness (QED) is 0.845. The summed E-state index contributed by atoms with van der Waals surface area (Å²) in [5.41, 5.74) is 0.901. The summed E-state index contributed by atoms with van der Waals surface area (Å²) in [5.74, 6) is 0.132. The Morgan fingerprint density at radius 3 is 2.84 bits per heavy atom. The molecule has 19 heavy (non-hydrogen) atoms. The highest BCUT2D eigenvalue weighted by Gasteiger charge is 2.50. The van der Waals surface area contributed by atoms with Gasteiger partial charge in [0, 0.05) is 18.3 Å². The summed E-state index contributed by atoms with van der Waals surface area (Å²) < 4.78 is 25.6. The Morgan fingerprint density at radius 2 is 2.21 bits per heavy atom. The van der Waals surface area contributed by atoms with Crippen molar-refractivity contribution < 1.29 is 13.2 Å². The van der Waals surface area contributed by atoms with Crippen LogP contribution in [0.2, 0.25) is 0 Å². The molecule has 0 radical (unpaired) electrons. The van der Waals surface area contributed by atoms with E-state index in [1.165, 1.54) is 4.31 Å². The predicted molar refractivity (Wildman–Crippen MR) is 74.8 cm³/mol. The molecular weight excluding hydrogens is 284 g/mol. The number of fused-ring (bicyclic) bond motifs is 1. The van der Waals surface area contributed by atoms with E-state index in [9.17, 15) is 13.2 Å². The second-order valence-electron chi connectivity index (χ2n) is 4.88. The lowest BCUT2D eigenvalue weighted by Gasteiger charge is -2.24. The number of carbonyl (C=O) groups excluding carboxylic acids is 1. The molecule has 3 heterocycles. The van der Waals surface area contributed by atoms with E-state index in [0.717, 1.165) is 12.1 Å². The molecule has 3 rings (SSSR count). The van der Waals surface area contributed by atoms with Crippen LogP contribution in [0.15, 0.2) is 16.8 Å². The van der Waals surface area contributed by atoms with Crippen LogP contribution >= 0.6 is 11.3 Å². The van der Waals surface area contributed by atoms with E-state index >= 15 is 0 Å². The number of hydrogen-bond donors (Lipinski definition) is 0. The van der Waals surface area contributed by atoms with Crippen molar-refractivity contribution in [3.05, 3.63) is 16.8 Å². The first-order chi connectivity index (χ1) is 9.04. The lowest BCUT2D eigenvalue weighted by molar-refractivity contribution is -0.117. The molecule has 2 saturated heterocycles. The van der Waals surface area contributed by atoms with Crippen LogP contribution in [-0.4, -0.2) is 43.0 Å². The predicted octanol–water partition coefficient (Wildman–Crippen LogP) is 1.28. The summed E-state index contributed by atoms with van der Waals surface area (Å²) in [4.78, 5) is 13.9. The van der Waals surface area contributed by atoms with Crippen molar-refractivity contribution in [3.63, 3.8) is 0 Å². The molecule has 1 aromatic heterocycles. The number of nitrogens with zero attached hydrogens (tertiary/aromatic N) is 2. The molecular formula is C12H16N2O3S2. The molecule has 104 valence electrons. The first-order valence-corrected chi connectivity index (χ1v) is 8.93. The van der Waals surface area contributed by atoms with Gasteiger partial charge in [0.25, 0.3) is 0 Å². The van der Waals surface area contributed by atoms with Crippen molar-refractivity contribution in [1.29, 1.82) is 0 Å². The maximum Gasteiger partial charge on any atom is 0.229 e. The third kappa shape index (κ3) is 2.00. The Morgan fingerprint density at radius 1 is 1.42 bits per heavy atom. The Balaban J connectivity index is 1.91. The van der Waals surface area contributed by atoms with Crippen LogP contribution < -0.4 is 4.90 Å². The van der Waals surface area contributed by atoms with E-state index in [1.54, 1.807) is 23.2 Å². The molecule has 0 unspecified atom stereocenters. The van der Waals surface area contributed by atoms with Crippen LogP contribution in [0.5, 0.6) is 0 Å². The van der Waals surface area contributed by atoms with Gasteiger partial charge in [-0.15, -0.1) is 0 Å². The zero-order valence-corrected chi connectivity index (χ0v) is 12.3. The number of amides is 1. The van der Waals surface area contributed by atoms with Crippen LogP contribution in [0.3, 0.4) is 0 Å². The fraction of sp³-hybridized carbons (Fsp3) is 0.583. The Labute approximate surface area is 116 Å². The fourth-order valence-electron chi connectivity index (χ4n) is 3.05. The SMILES string of the molecule is CCS(=O)(=O)N1CC[C@@H]2[C@@H]1CC(=O)N2c1ccsc1. The zero-order chi connectivity index (χ0) is 13.6. The third-order valence-electron chi connectivity index (χ3n) is 3.95. The van der Waals surface area contributed by atoms with Gasteiger partial charge in [0.1, 0.15) is 0 Å². The maximum absolute atomic E-state index is 12.2. The summed E-state index contributed by atoms with van der Waals surface area (Å²) in [7, 11) is -3.21. The van der Waals surface area contributed by atoms with Crippen molar-refractivity contribution in [2.24, 2.45) is 0 Å². The molecule has 1 aromatic rings. The Bertz CT molecular complexity index is 582. The number of anilines is 1. The average Bonchev–Trinajstić information content (AvgIpc) is 3.04. The van der Waals surface area contributed by atoms with Gasteiger partial charge in [-0.3, -0.25) is 4.79 Å². The summed E-state index contributed by atoms with van der Waals surface area (Å²) in [5, 5.41) is 3.88. The summed E-state index contributed by atoms with van der Waals surface area (Å²) in [6.07, 6.45) is 1.03. The lowest BCUT2D eigenvalue weighted by atomic mass is 10.1. The summed E-state index contributed by atoms with van der Waals surface area (Å²) >= 11 is 1.55. The van der Waals surface area contributed by atoms with Crippen molar-refractivity contribution in [1.82, 2.24) is 4.31 Å². The lowest BCUT2D eigenvalue weighted by Crippen LogP contribution is -2.40. The van der Waals surface area contributed by atoms with Crippen LogP contribution in [0.25, 0.3) is 0 Å². The first-order valence-electron chi connectivity index (χ1n) is 6.38. The van der Waals surface area contributed by atoms with Crippen LogP contribution in [0.1, 0.15) is 19.8 Å². The molecule has 2 aliphatic heterocycles. The van der Waals surface area contributed by atoms with Gasteiger partial charge in [0.2, 0.25) is 15.9 Å². The Kier molecular flexibility index (Phi) is 3.15. The third-order valence-corrected chi connectivity index (χ3v) is 6.52. The second kappa shape index (κ2) is 4.57. The topological polar surface area (TPSA) is 57.7 Å². The molecule has 0 spiro atoms. The molecule has 5 nitrogen and oxygen atoms in total. The van der Waals surface area contributed by atoms with E-state index in [0.29, 0.717) is 13.0 Å². The van der Waals surface area contributed by atoms with Gasteiger partial charge >= 0.3 is 0 Å². The summed E-state index contributed by atoms with van der Waals surface area (Å²) in [6, 6.07) is 1.74. The van der Waals surface area contributed by atoms with Crippen molar-refractivity contribution in [2.45, 2.75) is 31.8 Å². The molecule has 0 aromatic carbocycles. The molecule has 0 saturated carbocycles. The van der Waals surface area contributed by atoms with Gasteiger partial charge in [0.05, 0.1) is 23.5 Å². The zero-order valence-electron chi connectivity index (χ0n) is 10.7. The van der Waals surface area contributed by atoms with E-state index in [1.807, 2.05) is 16.8 Å². The molecule has 2 aliphatic rings. The van der Waals surface area contributed by atoms with Crippen molar-refractivity contribution in [2.75, 3.05) is 17.2 Å². The summed E-state index contributed by atoms with van der Waals surface area (Å²) in [6.45, 7) is 2.18. The molecule has 0 aliphatic carbocycles. The number of rotatable bonds is 3. The van der Waals surface area contributed by atoms with E-state index in [4.69, 9.17) is 0 Å². The highest BCUT2D eigenvalue weighted by Crippen LogP contribution is 2.37. The van der Waals surface area contributed by atoms with Crippen LogP contribution in [0.4, 0.5) is 5.69 Å². The molecule has 2 atom stereocenters. The maximum atomic E-state index is 12.2. The second-order valence-corrected chi connectivity index (χ2v) is 7.87. The number of thiophene rings is 1. The van der Waals surface area contributed by atoms with Crippen molar-refractivity contribution in [3.8, 4) is 0 Å². The van der Waals surface area contributed by atoms with Gasteiger partial charge < -0.3 is 4.90 Å². The normalized spacial score (nSPS) is 28.1. The fourth-order valence-corrected chi connectivity index (χ4v) is 5.02. The van der Waals surface area contributed by atoms with E-state index < -0.39 is 10.0 Å². The molecule has 7 heteroatoms. The molecule has 0 bridgehead atoms. The van der Waals surface area contributed by atoms with Crippen LogP contribution in [-0.2, 0) is 14.8 Å². The number of hydrogen-bond acceptors (Lipinski definition) is 4. The Hall–Kier alpha value is -0.920. The first kappa shape index (κ1) is 13.1. The van der Waals surface area contributed by atoms with Gasteiger partial charge in [-0.2, -0.15) is 15.6 Å². The smallest absolute Gasteiger partial charge is 0.229 e. The number of sulfonamides is 1. The van der Waals surface area contributed by atoms with Gasteiger partial charge in [0.15, 0.2) is 0 Å². The highest BCUT2D eigenvalue weighted by atomic mass is 32.2. The standard InChI is InChI=1S/C12H16N2O3S2/c1-2-19(16,17)13-5-3-10-11(13)7-12(15)14(10)9-4-6-18-8-9/h4,6,8,10-11H,2-3,5,7H2,1H3/t10-,11+/m1/s1. The van der Waals surface area contributed by atoms with E-state index in [-0.39, 0.29) is 23.7 Å². The minimum Gasteiger partial charge on any atom is -0.307 e. The minimum atomic E-state index is -3.21. The minimum absolute atomic E-state index is 0.00317. The van der Waals surface area contributed by atoms with Crippen molar-refractivity contribution >= 4 is 33.0 Å². The highest BCUT2D eigenvalue weighted by molar-refractivity contribution is 7.89. The number of carbonyl (C=O) groups is 1. The van der Waals surface area contributed by atoms with E-state index in [2.05, 4.69) is 0 Å². The van der Waals surface area contributed by atoms with Gasteiger partial charge in [-0.1, -0.05) is 0 Å². The largest absolute Gasteiger partial charge is 0.307 e. The average molecular weight is 300 g/mol. The van der Waals surface area contributed by atoms with Crippen LogP contribution in [0, 0.1) is 0 Å².